The van der Waals surface area contributed by atoms with Crippen molar-refractivity contribution in [2.45, 2.75) is 39.0 Å². The van der Waals surface area contributed by atoms with Crippen molar-refractivity contribution in [3.63, 3.8) is 0 Å². The van der Waals surface area contributed by atoms with Gasteiger partial charge in [-0.25, -0.2) is 0 Å². The highest BCUT2D eigenvalue weighted by Crippen LogP contribution is 2.46. The SMILES string of the molecule is CCCCCCc1ccc2cc3sc4c5cc(-c6ccncc6)ccc5sc4c3cc2c1. The van der Waals surface area contributed by atoms with Gasteiger partial charge in [-0.2, -0.15) is 0 Å². The lowest BCUT2D eigenvalue weighted by Crippen LogP contribution is -1.86. The first kappa shape index (κ1) is 19.9. The minimum atomic E-state index is 1.19. The summed E-state index contributed by atoms with van der Waals surface area (Å²) in [6, 6.07) is 22.9. The van der Waals surface area contributed by atoms with Crippen LogP contribution in [0.3, 0.4) is 0 Å². The first-order valence-corrected chi connectivity index (χ1v) is 13.2. The second kappa shape index (κ2) is 8.31. The standard InChI is InChI=1S/C29H25NS2/c1-2-3-4-5-6-19-7-8-22-18-27-25(17-23(22)15-19)29-28(32-27)24-16-21(9-10-26(24)31-29)20-11-13-30-14-12-20/h7-18H,2-6H2,1H3. The molecular formula is C29H25NS2. The molecule has 0 saturated heterocycles. The zero-order valence-electron chi connectivity index (χ0n) is 18.2. The van der Waals surface area contributed by atoms with Crippen LogP contribution in [-0.2, 0) is 6.42 Å². The minimum absolute atomic E-state index is 1.19. The smallest absolute Gasteiger partial charge is 0.0542 e. The van der Waals surface area contributed by atoms with Gasteiger partial charge in [0.05, 0.1) is 9.40 Å². The van der Waals surface area contributed by atoms with Gasteiger partial charge in [-0.1, -0.05) is 50.5 Å². The molecule has 3 heteroatoms. The van der Waals surface area contributed by atoms with Crippen LogP contribution in [0.15, 0.2) is 73.1 Å². The van der Waals surface area contributed by atoms with E-state index in [9.17, 15) is 0 Å². The molecule has 0 radical (unpaired) electrons. The van der Waals surface area contributed by atoms with Crippen LogP contribution in [0.4, 0.5) is 0 Å². The molecule has 0 amide bonds. The molecule has 0 aliphatic heterocycles. The van der Waals surface area contributed by atoms with E-state index in [0.717, 1.165) is 0 Å². The van der Waals surface area contributed by atoms with Crippen molar-refractivity contribution in [2.24, 2.45) is 0 Å². The Morgan fingerprint density at radius 1 is 0.656 bits per heavy atom. The van der Waals surface area contributed by atoms with Gasteiger partial charge < -0.3 is 0 Å². The summed E-state index contributed by atoms with van der Waals surface area (Å²) in [5.74, 6) is 0. The molecular weight excluding hydrogens is 426 g/mol. The van der Waals surface area contributed by atoms with E-state index in [1.54, 1.807) is 0 Å². The summed E-state index contributed by atoms with van der Waals surface area (Å²) in [5.41, 5.74) is 3.95. The van der Waals surface area contributed by atoms with Gasteiger partial charge in [0.25, 0.3) is 0 Å². The van der Waals surface area contributed by atoms with Crippen LogP contribution >= 0.6 is 22.7 Å². The third-order valence-electron chi connectivity index (χ3n) is 6.43. The maximum Gasteiger partial charge on any atom is 0.0542 e. The number of benzene rings is 3. The number of hydrogen-bond donors (Lipinski definition) is 0. The third-order valence-corrected chi connectivity index (χ3v) is 8.95. The second-order valence-electron chi connectivity index (χ2n) is 8.65. The molecule has 32 heavy (non-hydrogen) atoms. The Morgan fingerprint density at radius 2 is 1.47 bits per heavy atom. The zero-order chi connectivity index (χ0) is 21.5. The Kier molecular flexibility index (Phi) is 5.17. The van der Waals surface area contributed by atoms with Gasteiger partial charge in [0.1, 0.15) is 0 Å². The van der Waals surface area contributed by atoms with Crippen LogP contribution in [0.5, 0.6) is 0 Å². The molecule has 1 nitrogen and oxygen atoms in total. The second-order valence-corrected chi connectivity index (χ2v) is 10.8. The predicted molar refractivity (Wildman–Crippen MR) is 143 cm³/mol. The summed E-state index contributed by atoms with van der Waals surface area (Å²) in [6.07, 6.45) is 10.2. The van der Waals surface area contributed by atoms with Gasteiger partial charge in [0, 0.05) is 32.6 Å². The lowest BCUT2D eigenvalue weighted by Gasteiger charge is -2.05. The van der Waals surface area contributed by atoms with E-state index >= 15 is 0 Å². The number of nitrogens with zero attached hydrogens (tertiary/aromatic N) is 1. The topological polar surface area (TPSA) is 12.9 Å². The number of pyridine rings is 1. The molecule has 0 aliphatic carbocycles. The van der Waals surface area contributed by atoms with E-state index in [1.807, 2.05) is 35.1 Å². The maximum absolute atomic E-state index is 4.16. The largest absolute Gasteiger partial charge is 0.265 e. The summed E-state index contributed by atoms with van der Waals surface area (Å²) in [4.78, 5) is 4.16. The van der Waals surface area contributed by atoms with Gasteiger partial charge in [-0.05, 0) is 76.7 Å². The normalized spacial score (nSPS) is 11.9. The van der Waals surface area contributed by atoms with Gasteiger partial charge in [-0.15, -0.1) is 22.7 Å². The van der Waals surface area contributed by atoms with Gasteiger partial charge in [0.2, 0.25) is 0 Å². The van der Waals surface area contributed by atoms with Crippen molar-refractivity contribution in [2.75, 3.05) is 0 Å². The van der Waals surface area contributed by atoms with Crippen LogP contribution in [0.25, 0.3) is 51.5 Å². The fourth-order valence-electron chi connectivity index (χ4n) is 4.69. The van der Waals surface area contributed by atoms with E-state index in [2.05, 4.69) is 72.6 Å². The fourth-order valence-corrected chi connectivity index (χ4v) is 7.33. The number of unbranched alkanes of at least 4 members (excludes halogenated alkanes) is 3. The van der Waals surface area contributed by atoms with Crippen LogP contribution in [-0.4, -0.2) is 4.98 Å². The lowest BCUT2D eigenvalue weighted by molar-refractivity contribution is 0.667. The summed E-state index contributed by atoms with van der Waals surface area (Å²) < 4.78 is 5.62. The fraction of sp³-hybridized carbons (Fsp3) is 0.207. The lowest BCUT2D eigenvalue weighted by atomic mass is 10.0. The number of fused-ring (bicyclic) bond motifs is 6. The van der Waals surface area contributed by atoms with Crippen molar-refractivity contribution >= 4 is 63.0 Å². The van der Waals surface area contributed by atoms with E-state index in [-0.39, 0.29) is 0 Å². The van der Waals surface area contributed by atoms with Crippen LogP contribution in [0.1, 0.15) is 38.2 Å². The highest BCUT2D eigenvalue weighted by molar-refractivity contribution is 7.36. The summed E-state index contributed by atoms with van der Waals surface area (Å²) in [7, 11) is 0. The number of aryl methyl sites for hydroxylation is 1. The molecule has 0 atom stereocenters. The summed E-state index contributed by atoms with van der Waals surface area (Å²) in [6.45, 7) is 2.27. The molecule has 6 rings (SSSR count). The van der Waals surface area contributed by atoms with E-state index in [0.29, 0.717) is 0 Å². The molecule has 3 aromatic heterocycles. The number of rotatable bonds is 6. The Labute approximate surface area is 196 Å². The number of aromatic nitrogens is 1. The minimum Gasteiger partial charge on any atom is -0.265 e. The van der Waals surface area contributed by atoms with Gasteiger partial charge in [0.15, 0.2) is 0 Å². The Hall–Kier alpha value is -2.75. The Morgan fingerprint density at radius 3 is 2.31 bits per heavy atom. The first-order valence-electron chi connectivity index (χ1n) is 11.5. The van der Waals surface area contributed by atoms with E-state index in [1.165, 1.54) is 89.1 Å². The van der Waals surface area contributed by atoms with Crippen molar-refractivity contribution in [1.29, 1.82) is 0 Å². The predicted octanol–water partition coefficient (Wildman–Crippen LogP) is 9.61. The number of hydrogen-bond acceptors (Lipinski definition) is 3. The molecule has 3 aromatic carbocycles. The van der Waals surface area contributed by atoms with Gasteiger partial charge >= 0.3 is 0 Å². The summed E-state index contributed by atoms with van der Waals surface area (Å²) >= 11 is 3.87. The Balaban J connectivity index is 1.45. The molecule has 0 fully saturated rings. The van der Waals surface area contributed by atoms with Gasteiger partial charge in [-0.3, -0.25) is 4.98 Å². The zero-order valence-corrected chi connectivity index (χ0v) is 19.9. The molecule has 0 N–H and O–H groups in total. The molecule has 3 heterocycles. The van der Waals surface area contributed by atoms with Crippen molar-refractivity contribution < 1.29 is 0 Å². The first-order chi connectivity index (χ1) is 15.8. The van der Waals surface area contributed by atoms with Crippen molar-refractivity contribution in [1.82, 2.24) is 4.98 Å². The average molecular weight is 452 g/mol. The molecule has 6 aromatic rings. The third kappa shape index (κ3) is 3.50. The Bertz CT molecular complexity index is 1560. The van der Waals surface area contributed by atoms with Crippen LogP contribution in [0.2, 0.25) is 0 Å². The van der Waals surface area contributed by atoms with Crippen LogP contribution in [0, 0.1) is 0 Å². The van der Waals surface area contributed by atoms with Crippen molar-refractivity contribution in [3.05, 3.63) is 78.6 Å². The average Bonchev–Trinajstić information content (AvgIpc) is 3.36. The van der Waals surface area contributed by atoms with E-state index < -0.39 is 0 Å². The quantitative estimate of drug-likeness (QED) is 0.230. The molecule has 0 spiro atoms. The highest BCUT2D eigenvalue weighted by atomic mass is 32.1. The number of thiophene rings is 2. The summed E-state index contributed by atoms with van der Waals surface area (Å²) in [5, 5.41) is 5.51. The molecule has 0 saturated carbocycles. The van der Waals surface area contributed by atoms with Crippen molar-refractivity contribution in [3.8, 4) is 11.1 Å². The molecule has 0 aliphatic rings. The molecule has 0 bridgehead atoms. The highest BCUT2D eigenvalue weighted by Gasteiger charge is 2.14. The molecule has 0 unspecified atom stereocenters. The molecule has 158 valence electrons. The monoisotopic (exact) mass is 451 g/mol. The van der Waals surface area contributed by atoms with Crippen LogP contribution < -0.4 is 0 Å². The van der Waals surface area contributed by atoms with E-state index in [4.69, 9.17) is 0 Å². The maximum atomic E-state index is 4.16.